The van der Waals surface area contributed by atoms with Crippen LogP contribution in [0.3, 0.4) is 0 Å². The summed E-state index contributed by atoms with van der Waals surface area (Å²) in [5.74, 6) is -0.0749. The number of fused-ring (bicyclic) bond motifs is 1. The van der Waals surface area contributed by atoms with Crippen molar-refractivity contribution in [1.29, 1.82) is 0 Å². The van der Waals surface area contributed by atoms with Crippen molar-refractivity contribution in [2.75, 3.05) is 0 Å². The third-order valence-electron chi connectivity index (χ3n) is 3.67. The van der Waals surface area contributed by atoms with Crippen molar-refractivity contribution in [2.24, 2.45) is 7.05 Å². The third-order valence-corrected chi connectivity index (χ3v) is 3.67. The lowest BCUT2D eigenvalue weighted by Gasteiger charge is -2.06. The van der Waals surface area contributed by atoms with E-state index in [1.807, 2.05) is 23.9 Å². The van der Waals surface area contributed by atoms with E-state index in [2.05, 4.69) is 0 Å². The number of aryl methyl sites for hydroxylation is 1. The Kier molecular flexibility index (Phi) is 2.28. The minimum absolute atomic E-state index is 0.101. The van der Waals surface area contributed by atoms with Gasteiger partial charge in [-0.05, 0) is 30.5 Å². The molecule has 0 N–H and O–H groups in total. The second-order valence-corrected chi connectivity index (χ2v) is 4.74. The number of rotatable bonds is 1. The van der Waals surface area contributed by atoms with Crippen LogP contribution in [0, 0.1) is 5.82 Å². The second kappa shape index (κ2) is 3.69. The largest absolute Gasteiger partial charge is 0.350 e. The van der Waals surface area contributed by atoms with Crippen LogP contribution in [0.5, 0.6) is 0 Å². The van der Waals surface area contributed by atoms with Gasteiger partial charge in [0.1, 0.15) is 11.6 Å². The first kappa shape index (κ1) is 10.5. The fourth-order valence-electron chi connectivity index (χ4n) is 2.84. The molecule has 0 amide bonds. The van der Waals surface area contributed by atoms with Gasteiger partial charge in [-0.15, -0.1) is 0 Å². The van der Waals surface area contributed by atoms with E-state index in [1.165, 1.54) is 6.07 Å². The van der Waals surface area contributed by atoms with E-state index in [9.17, 15) is 9.18 Å². The fourth-order valence-corrected chi connectivity index (χ4v) is 2.84. The molecule has 1 fully saturated rings. The molecule has 0 spiro atoms. The number of aromatic nitrogens is 1. The van der Waals surface area contributed by atoms with E-state index < -0.39 is 0 Å². The SMILES string of the molecule is Cn1cc([C@@H]2CCCC2=O)c2c(F)cccc21. The van der Waals surface area contributed by atoms with Crippen LogP contribution in [-0.4, -0.2) is 10.4 Å². The normalized spacial score (nSPS) is 20.4. The zero-order chi connectivity index (χ0) is 12.0. The average Bonchev–Trinajstić information content (AvgIpc) is 2.85. The topological polar surface area (TPSA) is 22.0 Å². The summed E-state index contributed by atoms with van der Waals surface area (Å²) in [5, 5.41) is 0.621. The molecule has 88 valence electrons. The number of hydrogen-bond acceptors (Lipinski definition) is 1. The Hall–Kier alpha value is -1.64. The minimum atomic E-state index is -0.224. The first-order chi connectivity index (χ1) is 8.18. The van der Waals surface area contributed by atoms with Gasteiger partial charge in [-0.25, -0.2) is 4.39 Å². The molecule has 2 nitrogen and oxygen atoms in total. The molecule has 1 atom stereocenters. The van der Waals surface area contributed by atoms with Gasteiger partial charge in [-0.3, -0.25) is 4.79 Å². The van der Waals surface area contributed by atoms with E-state index in [1.54, 1.807) is 6.07 Å². The molecule has 1 aliphatic rings. The Labute approximate surface area is 99.0 Å². The van der Waals surface area contributed by atoms with Gasteiger partial charge < -0.3 is 4.57 Å². The molecule has 1 heterocycles. The summed E-state index contributed by atoms with van der Waals surface area (Å²) in [4.78, 5) is 11.8. The van der Waals surface area contributed by atoms with Crippen LogP contribution in [0.2, 0.25) is 0 Å². The molecule has 0 saturated heterocycles. The molecule has 3 rings (SSSR count). The number of halogens is 1. The number of carbonyl (C=O) groups excluding carboxylic acids is 1. The Balaban J connectivity index is 2.26. The first-order valence-electron chi connectivity index (χ1n) is 5.94. The zero-order valence-corrected chi connectivity index (χ0v) is 9.74. The number of Topliss-reactive ketones (excluding diaryl/α,β-unsaturated/α-hetero) is 1. The van der Waals surface area contributed by atoms with Gasteiger partial charge in [0.2, 0.25) is 0 Å². The Bertz CT molecular complexity index is 600. The van der Waals surface area contributed by atoms with Gasteiger partial charge in [0.25, 0.3) is 0 Å². The van der Waals surface area contributed by atoms with E-state index >= 15 is 0 Å². The fraction of sp³-hybridized carbons (Fsp3) is 0.357. The monoisotopic (exact) mass is 231 g/mol. The van der Waals surface area contributed by atoms with Crippen LogP contribution in [-0.2, 0) is 11.8 Å². The van der Waals surface area contributed by atoms with Crippen molar-refractivity contribution in [3.63, 3.8) is 0 Å². The Morgan fingerprint density at radius 2 is 2.24 bits per heavy atom. The molecule has 3 heteroatoms. The van der Waals surface area contributed by atoms with Crippen LogP contribution >= 0.6 is 0 Å². The first-order valence-corrected chi connectivity index (χ1v) is 5.94. The van der Waals surface area contributed by atoms with Crippen molar-refractivity contribution in [3.8, 4) is 0 Å². The van der Waals surface area contributed by atoms with E-state index in [0.717, 1.165) is 23.9 Å². The Morgan fingerprint density at radius 1 is 1.41 bits per heavy atom. The average molecular weight is 231 g/mol. The van der Waals surface area contributed by atoms with Crippen LogP contribution in [0.15, 0.2) is 24.4 Å². The predicted octanol–water partition coefficient (Wildman–Crippen LogP) is 3.15. The maximum absolute atomic E-state index is 13.9. The molecule has 0 unspecified atom stereocenters. The number of ketones is 1. The molecular weight excluding hydrogens is 217 g/mol. The highest BCUT2D eigenvalue weighted by molar-refractivity contribution is 5.94. The number of hydrogen-bond donors (Lipinski definition) is 0. The summed E-state index contributed by atoms with van der Waals surface area (Å²) in [6, 6.07) is 5.06. The van der Waals surface area contributed by atoms with E-state index in [4.69, 9.17) is 0 Å². The third kappa shape index (κ3) is 1.49. The molecule has 1 aliphatic carbocycles. The van der Waals surface area contributed by atoms with Gasteiger partial charge in [0, 0.05) is 31.0 Å². The minimum Gasteiger partial charge on any atom is -0.350 e. The molecule has 17 heavy (non-hydrogen) atoms. The highest BCUT2D eigenvalue weighted by Crippen LogP contribution is 2.37. The van der Waals surface area contributed by atoms with Crippen molar-refractivity contribution in [2.45, 2.75) is 25.2 Å². The highest BCUT2D eigenvalue weighted by atomic mass is 19.1. The Morgan fingerprint density at radius 3 is 2.94 bits per heavy atom. The van der Waals surface area contributed by atoms with E-state index in [-0.39, 0.29) is 17.5 Å². The molecule has 0 aliphatic heterocycles. The number of nitrogens with zero attached hydrogens (tertiary/aromatic N) is 1. The summed E-state index contributed by atoms with van der Waals surface area (Å²) in [6.07, 6.45) is 4.32. The molecule has 2 aromatic rings. The van der Waals surface area contributed by atoms with Gasteiger partial charge in [0.15, 0.2) is 0 Å². The van der Waals surface area contributed by atoms with Crippen molar-refractivity contribution < 1.29 is 9.18 Å². The van der Waals surface area contributed by atoms with Gasteiger partial charge >= 0.3 is 0 Å². The second-order valence-electron chi connectivity index (χ2n) is 4.74. The quantitative estimate of drug-likeness (QED) is 0.739. The smallest absolute Gasteiger partial charge is 0.140 e. The summed E-state index contributed by atoms with van der Waals surface area (Å²) < 4.78 is 15.8. The molecule has 1 aromatic heterocycles. The van der Waals surface area contributed by atoms with Crippen LogP contribution in [0.1, 0.15) is 30.7 Å². The van der Waals surface area contributed by atoms with E-state index in [0.29, 0.717) is 11.8 Å². The molecule has 1 saturated carbocycles. The van der Waals surface area contributed by atoms with Gasteiger partial charge in [0.05, 0.1) is 5.52 Å². The van der Waals surface area contributed by atoms with Crippen LogP contribution < -0.4 is 0 Å². The van der Waals surface area contributed by atoms with Crippen LogP contribution in [0.25, 0.3) is 10.9 Å². The predicted molar refractivity (Wildman–Crippen MR) is 64.5 cm³/mol. The molecule has 0 radical (unpaired) electrons. The number of benzene rings is 1. The maximum Gasteiger partial charge on any atom is 0.140 e. The van der Waals surface area contributed by atoms with Crippen LogP contribution in [0.4, 0.5) is 4.39 Å². The summed E-state index contributed by atoms with van der Waals surface area (Å²) in [7, 11) is 1.89. The number of carbonyl (C=O) groups is 1. The van der Waals surface area contributed by atoms with Crippen molar-refractivity contribution >= 4 is 16.7 Å². The summed E-state index contributed by atoms with van der Waals surface area (Å²) in [6.45, 7) is 0. The van der Waals surface area contributed by atoms with Crippen molar-refractivity contribution in [3.05, 3.63) is 35.8 Å². The highest BCUT2D eigenvalue weighted by Gasteiger charge is 2.29. The maximum atomic E-state index is 13.9. The summed E-state index contributed by atoms with van der Waals surface area (Å²) >= 11 is 0. The summed E-state index contributed by atoms with van der Waals surface area (Å²) in [5.41, 5.74) is 1.72. The van der Waals surface area contributed by atoms with Gasteiger partial charge in [-0.2, -0.15) is 0 Å². The lowest BCUT2D eigenvalue weighted by molar-refractivity contribution is -0.118. The standard InChI is InChI=1S/C14H14FNO/c1-16-8-10(9-4-2-7-13(9)17)14-11(15)5-3-6-12(14)16/h3,5-6,8-9H,2,4,7H2,1H3/t9-/m0/s1. The lowest BCUT2D eigenvalue weighted by atomic mass is 9.96. The zero-order valence-electron chi connectivity index (χ0n) is 9.74. The van der Waals surface area contributed by atoms with Crippen molar-refractivity contribution in [1.82, 2.24) is 4.57 Å². The van der Waals surface area contributed by atoms with Gasteiger partial charge in [-0.1, -0.05) is 6.07 Å². The molecule has 0 bridgehead atoms. The lowest BCUT2D eigenvalue weighted by Crippen LogP contribution is -2.03. The molecule has 1 aromatic carbocycles. The molecular formula is C14H14FNO.